The summed E-state index contributed by atoms with van der Waals surface area (Å²) in [5.41, 5.74) is 7.51. The average molecular weight is 431 g/mol. The Bertz CT molecular complexity index is 970. The van der Waals surface area contributed by atoms with Crippen molar-refractivity contribution in [2.24, 2.45) is 0 Å². The Hall–Kier alpha value is -3.30. The highest BCUT2D eigenvalue weighted by Gasteiger charge is 2.26. The van der Waals surface area contributed by atoms with Crippen LogP contribution in [0.1, 0.15) is 36.7 Å². The van der Waals surface area contributed by atoms with E-state index in [1.807, 2.05) is 6.07 Å². The summed E-state index contributed by atoms with van der Waals surface area (Å²) in [6.07, 6.45) is -2.19. The molecule has 0 spiro atoms. The molecule has 0 aliphatic carbocycles. The molecule has 6 N–H and O–H groups in total. The van der Waals surface area contributed by atoms with Gasteiger partial charge in [-0.25, -0.2) is 10.5 Å². The molecule has 0 saturated heterocycles. The molecule has 0 saturated carbocycles. The van der Waals surface area contributed by atoms with Gasteiger partial charge in [-0.2, -0.15) is 10.2 Å². The van der Waals surface area contributed by atoms with Gasteiger partial charge in [-0.3, -0.25) is 9.63 Å². The molecular weight excluding hydrogens is 406 g/mol. The number of nitrogen functional groups attached to an aromatic ring is 1. The fraction of sp³-hybridized carbons (Fsp3) is 0.400. The minimum atomic E-state index is -1.25. The SMILES string of the molecule is C[C@H](Oc1nc(-c2cccc(C#N)c2)nc(N)c1C(=O)NOCC(C)(C)O)[C@H](O)CO. The number of nitriles is 1. The summed E-state index contributed by atoms with van der Waals surface area (Å²) in [7, 11) is 0. The predicted molar refractivity (Wildman–Crippen MR) is 109 cm³/mol. The Labute approximate surface area is 179 Å². The number of hydroxylamine groups is 1. The van der Waals surface area contributed by atoms with Crippen molar-refractivity contribution in [1.29, 1.82) is 5.26 Å². The lowest BCUT2D eigenvalue weighted by Crippen LogP contribution is -2.35. The molecule has 0 aliphatic heterocycles. The summed E-state index contributed by atoms with van der Waals surface area (Å²) in [6, 6.07) is 8.43. The molecule has 2 atom stereocenters. The number of benzene rings is 1. The zero-order chi connectivity index (χ0) is 23.2. The molecule has 31 heavy (non-hydrogen) atoms. The Morgan fingerprint density at radius 2 is 2.10 bits per heavy atom. The Morgan fingerprint density at radius 1 is 1.39 bits per heavy atom. The van der Waals surface area contributed by atoms with E-state index in [0.29, 0.717) is 11.1 Å². The summed E-state index contributed by atoms with van der Waals surface area (Å²) < 4.78 is 5.59. The van der Waals surface area contributed by atoms with Crippen molar-refractivity contribution in [3.8, 4) is 23.3 Å². The standard InChI is InChI=1S/C20H25N5O6/c1-11(14(27)9-26)31-19-15(18(28)25-30-10-20(2,3)29)16(22)23-17(24-19)13-6-4-5-12(7-13)8-21/h4-7,11,14,26-27,29H,9-10H2,1-3H3,(H,25,28)(H2,22,23,24)/t11-,14+/m0/s1. The molecule has 0 bridgehead atoms. The van der Waals surface area contributed by atoms with Crippen LogP contribution >= 0.6 is 0 Å². The van der Waals surface area contributed by atoms with E-state index < -0.39 is 30.3 Å². The first-order chi connectivity index (χ1) is 14.6. The monoisotopic (exact) mass is 431 g/mol. The van der Waals surface area contributed by atoms with Gasteiger partial charge >= 0.3 is 0 Å². The van der Waals surface area contributed by atoms with Crippen LogP contribution in [-0.4, -0.2) is 62.2 Å². The summed E-state index contributed by atoms with van der Waals surface area (Å²) >= 11 is 0. The first kappa shape index (κ1) is 24.0. The van der Waals surface area contributed by atoms with E-state index in [4.69, 9.17) is 25.7 Å². The van der Waals surface area contributed by atoms with Gasteiger partial charge in [0.15, 0.2) is 5.82 Å². The minimum absolute atomic E-state index is 0.0873. The average Bonchev–Trinajstić information content (AvgIpc) is 2.71. The highest BCUT2D eigenvalue weighted by atomic mass is 16.7. The number of ether oxygens (including phenoxy) is 1. The van der Waals surface area contributed by atoms with E-state index in [9.17, 15) is 15.0 Å². The van der Waals surface area contributed by atoms with E-state index in [0.717, 1.165) is 0 Å². The second kappa shape index (κ2) is 10.1. The molecule has 0 aliphatic rings. The van der Waals surface area contributed by atoms with E-state index in [1.54, 1.807) is 18.2 Å². The van der Waals surface area contributed by atoms with Crippen LogP contribution in [0.4, 0.5) is 5.82 Å². The Morgan fingerprint density at radius 3 is 2.71 bits per heavy atom. The number of carbonyl (C=O) groups excluding carboxylic acids is 1. The number of hydrogen-bond donors (Lipinski definition) is 5. The van der Waals surface area contributed by atoms with E-state index in [-0.39, 0.29) is 29.7 Å². The molecule has 2 aromatic rings. The topological polar surface area (TPSA) is 184 Å². The van der Waals surface area contributed by atoms with Crippen LogP contribution in [0, 0.1) is 11.3 Å². The quantitative estimate of drug-likeness (QED) is 0.342. The maximum absolute atomic E-state index is 12.6. The van der Waals surface area contributed by atoms with Crippen LogP contribution < -0.4 is 16.0 Å². The van der Waals surface area contributed by atoms with Gasteiger partial charge in [0.1, 0.15) is 30.2 Å². The first-order valence-corrected chi connectivity index (χ1v) is 9.34. The third-order valence-electron chi connectivity index (χ3n) is 4.00. The number of aromatic nitrogens is 2. The van der Waals surface area contributed by atoms with Gasteiger partial charge in [0, 0.05) is 5.56 Å². The van der Waals surface area contributed by atoms with Crippen molar-refractivity contribution < 1.29 is 29.7 Å². The summed E-state index contributed by atoms with van der Waals surface area (Å²) in [6.45, 7) is 3.69. The van der Waals surface area contributed by atoms with Gasteiger partial charge in [-0.05, 0) is 32.9 Å². The molecular formula is C20H25N5O6. The number of hydrogen-bond acceptors (Lipinski definition) is 10. The number of amides is 1. The number of nitrogens with two attached hydrogens (primary N) is 1. The number of carbonyl (C=O) groups is 1. The van der Waals surface area contributed by atoms with E-state index in [1.165, 1.54) is 26.8 Å². The molecule has 2 rings (SSSR count). The second-order valence-corrected chi connectivity index (χ2v) is 7.41. The molecule has 0 radical (unpaired) electrons. The molecule has 166 valence electrons. The van der Waals surface area contributed by atoms with Crippen LogP contribution in [0.25, 0.3) is 11.4 Å². The van der Waals surface area contributed by atoms with E-state index in [2.05, 4.69) is 15.4 Å². The predicted octanol–water partition coefficient (Wildman–Crippen LogP) is 0.150. The van der Waals surface area contributed by atoms with Gasteiger partial charge in [-0.15, -0.1) is 0 Å². The van der Waals surface area contributed by atoms with Crippen LogP contribution in [0.15, 0.2) is 24.3 Å². The summed E-state index contributed by atoms with van der Waals surface area (Å²) in [5.74, 6) is -1.24. The zero-order valence-electron chi connectivity index (χ0n) is 17.4. The van der Waals surface area contributed by atoms with Gasteiger partial charge in [-0.1, -0.05) is 12.1 Å². The lowest BCUT2D eigenvalue weighted by molar-refractivity contribution is -0.0524. The minimum Gasteiger partial charge on any atom is -0.471 e. The normalized spacial score (nSPS) is 13.2. The molecule has 1 heterocycles. The van der Waals surface area contributed by atoms with Crippen molar-refractivity contribution in [3.63, 3.8) is 0 Å². The maximum Gasteiger partial charge on any atom is 0.284 e. The molecule has 0 unspecified atom stereocenters. The highest BCUT2D eigenvalue weighted by Crippen LogP contribution is 2.27. The number of anilines is 1. The van der Waals surface area contributed by atoms with Crippen LogP contribution in [0.2, 0.25) is 0 Å². The van der Waals surface area contributed by atoms with Crippen molar-refractivity contribution >= 4 is 11.7 Å². The third kappa shape index (κ3) is 6.59. The number of aliphatic hydroxyl groups excluding tert-OH is 2. The van der Waals surface area contributed by atoms with Gasteiger partial charge in [0.05, 0.1) is 23.8 Å². The Balaban J connectivity index is 2.45. The largest absolute Gasteiger partial charge is 0.471 e. The number of nitrogens with zero attached hydrogens (tertiary/aromatic N) is 3. The van der Waals surface area contributed by atoms with Crippen LogP contribution in [-0.2, 0) is 4.84 Å². The number of nitrogens with one attached hydrogen (secondary N) is 1. The molecule has 1 aromatic heterocycles. The van der Waals surface area contributed by atoms with Crippen LogP contribution in [0.3, 0.4) is 0 Å². The second-order valence-electron chi connectivity index (χ2n) is 7.41. The third-order valence-corrected chi connectivity index (χ3v) is 4.00. The fourth-order valence-corrected chi connectivity index (χ4v) is 2.34. The highest BCUT2D eigenvalue weighted by molar-refractivity contribution is 6.00. The molecule has 11 heteroatoms. The maximum atomic E-state index is 12.6. The molecule has 1 amide bonds. The number of rotatable bonds is 9. The lowest BCUT2D eigenvalue weighted by Gasteiger charge is -2.21. The van der Waals surface area contributed by atoms with Gasteiger partial charge < -0.3 is 25.8 Å². The van der Waals surface area contributed by atoms with Crippen molar-refractivity contribution in [2.75, 3.05) is 18.9 Å². The van der Waals surface area contributed by atoms with Crippen LogP contribution in [0.5, 0.6) is 5.88 Å². The van der Waals surface area contributed by atoms with Crippen molar-refractivity contribution in [1.82, 2.24) is 15.4 Å². The van der Waals surface area contributed by atoms with E-state index >= 15 is 0 Å². The molecule has 11 nitrogen and oxygen atoms in total. The number of aliphatic hydroxyl groups is 3. The van der Waals surface area contributed by atoms with Crippen molar-refractivity contribution in [3.05, 3.63) is 35.4 Å². The molecule has 0 fully saturated rings. The van der Waals surface area contributed by atoms with Gasteiger partial charge in [0.25, 0.3) is 5.91 Å². The first-order valence-electron chi connectivity index (χ1n) is 9.34. The fourth-order valence-electron chi connectivity index (χ4n) is 2.34. The zero-order valence-corrected chi connectivity index (χ0v) is 17.4. The van der Waals surface area contributed by atoms with Crippen molar-refractivity contribution in [2.45, 2.75) is 38.6 Å². The molecule has 1 aromatic carbocycles. The smallest absolute Gasteiger partial charge is 0.284 e. The van der Waals surface area contributed by atoms with Gasteiger partial charge in [0.2, 0.25) is 5.88 Å². The summed E-state index contributed by atoms with van der Waals surface area (Å²) in [5, 5.41) is 37.8. The summed E-state index contributed by atoms with van der Waals surface area (Å²) in [4.78, 5) is 26.0. The Kier molecular flexibility index (Phi) is 7.84. The lowest BCUT2D eigenvalue weighted by atomic mass is 10.1.